The van der Waals surface area contributed by atoms with Crippen LogP contribution in [0.5, 0.6) is 0 Å². The van der Waals surface area contributed by atoms with E-state index in [1.54, 1.807) is 18.1 Å². The number of amides is 2. The normalized spacial score (nSPS) is 26.6. The molecule has 20 heavy (non-hydrogen) atoms. The Morgan fingerprint density at radius 1 is 1.30 bits per heavy atom. The minimum absolute atomic E-state index is 0.0140. The van der Waals surface area contributed by atoms with E-state index in [0.29, 0.717) is 25.3 Å². The molecular weight excluding hydrogens is 276 g/mol. The van der Waals surface area contributed by atoms with Gasteiger partial charge in [0.15, 0.2) is 0 Å². The lowest BCUT2D eigenvalue weighted by atomic mass is 9.98. The maximum atomic E-state index is 12.4. The van der Waals surface area contributed by atoms with E-state index in [9.17, 15) is 13.8 Å². The van der Waals surface area contributed by atoms with E-state index in [0.717, 1.165) is 0 Å². The largest absolute Gasteiger partial charge is 0.343 e. The first-order chi connectivity index (χ1) is 9.23. The molecule has 1 saturated heterocycles. The molecule has 0 aromatic heterocycles. The molecule has 0 spiro atoms. The van der Waals surface area contributed by atoms with Crippen LogP contribution in [0.25, 0.3) is 0 Å². The lowest BCUT2D eigenvalue weighted by Gasteiger charge is -2.38. The average molecular weight is 302 g/mol. The molecule has 4 unspecified atom stereocenters. The highest BCUT2D eigenvalue weighted by Gasteiger charge is 2.37. The predicted octanol–water partition coefficient (Wildman–Crippen LogP) is 0.905. The molecule has 1 heterocycles. The summed E-state index contributed by atoms with van der Waals surface area (Å²) in [6.07, 6.45) is 2.98. The van der Waals surface area contributed by atoms with Gasteiger partial charge in [0.05, 0.1) is 0 Å². The van der Waals surface area contributed by atoms with Crippen molar-refractivity contribution in [1.82, 2.24) is 10.2 Å². The van der Waals surface area contributed by atoms with Crippen LogP contribution < -0.4 is 5.32 Å². The average Bonchev–Trinajstić information content (AvgIpc) is 2.34. The molecule has 1 aliphatic heterocycles. The highest BCUT2D eigenvalue weighted by molar-refractivity contribution is 7.84. The van der Waals surface area contributed by atoms with Gasteiger partial charge in [-0.15, -0.1) is 0 Å². The molecular formula is C14H26N2O3S. The highest BCUT2D eigenvalue weighted by atomic mass is 32.2. The van der Waals surface area contributed by atoms with Gasteiger partial charge in [0.1, 0.15) is 12.1 Å². The third kappa shape index (κ3) is 4.30. The Kier molecular flexibility index (Phi) is 6.17. The lowest BCUT2D eigenvalue weighted by molar-refractivity contribution is -0.149. The molecule has 0 radical (unpaired) electrons. The summed E-state index contributed by atoms with van der Waals surface area (Å²) in [4.78, 5) is 26.0. The fraction of sp³-hybridized carbons (Fsp3) is 0.857. The maximum absolute atomic E-state index is 12.4. The first-order valence-electron chi connectivity index (χ1n) is 7.17. The van der Waals surface area contributed by atoms with E-state index in [1.807, 2.05) is 20.8 Å². The van der Waals surface area contributed by atoms with Crippen molar-refractivity contribution >= 4 is 22.6 Å². The predicted molar refractivity (Wildman–Crippen MR) is 80.7 cm³/mol. The van der Waals surface area contributed by atoms with Gasteiger partial charge in [0.25, 0.3) is 0 Å². The number of nitrogens with zero attached hydrogens (tertiary/aromatic N) is 1. The molecule has 1 N–H and O–H groups in total. The second kappa shape index (κ2) is 7.20. The Morgan fingerprint density at radius 2 is 1.90 bits per heavy atom. The summed E-state index contributed by atoms with van der Waals surface area (Å²) in [5.41, 5.74) is 0. The van der Waals surface area contributed by atoms with Crippen molar-refractivity contribution in [2.45, 2.75) is 57.9 Å². The van der Waals surface area contributed by atoms with Crippen molar-refractivity contribution in [3.8, 4) is 0 Å². The van der Waals surface area contributed by atoms with Gasteiger partial charge >= 0.3 is 0 Å². The molecule has 0 aromatic carbocycles. The van der Waals surface area contributed by atoms with E-state index < -0.39 is 22.9 Å². The van der Waals surface area contributed by atoms with E-state index in [4.69, 9.17) is 0 Å². The molecule has 1 aliphatic rings. The summed E-state index contributed by atoms with van der Waals surface area (Å²) in [5.74, 6) is 0.238. The van der Waals surface area contributed by atoms with Gasteiger partial charge in [0, 0.05) is 28.9 Å². The van der Waals surface area contributed by atoms with Crippen LogP contribution in [0.1, 0.15) is 40.5 Å². The highest BCUT2D eigenvalue weighted by Crippen LogP contribution is 2.16. The van der Waals surface area contributed by atoms with Gasteiger partial charge in [-0.1, -0.05) is 20.8 Å². The molecule has 6 heteroatoms. The van der Waals surface area contributed by atoms with Crippen LogP contribution in [-0.2, 0) is 20.4 Å². The van der Waals surface area contributed by atoms with Crippen LogP contribution in [0.4, 0.5) is 0 Å². The lowest BCUT2D eigenvalue weighted by Crippen LogP contribution is -2.62. The third-order valence-electron chi connectivity index (χ3n) is 3.79. The van der Waals surface area contributed by atoms with Gasteiger partial charge in [-0.25, -0.2) is 0 Å². The molecule has 0 aromatic rings. The Hall–Kier alpha value is -0.910. The zero-order valence-electron chi connectivity index (χ0n) is 13.0. The number of carbonyl (C=O) groups is 2. The van der Waals surface area contributed by atoms with Crippen molar-refractivity contribution in [2.24, 2.45) is 5.92 Å². The topological polar surface area (TPSA) is 66.5 Å². The molecule has 0 aliphatic carbocycles. The first-order valence-corrected chi connectivity index (χ1v) is 8.79. The summed E-state index contributed by atoms with van der Waals surface area (Å²) in [7, 11) is -0.902. The zero-order chi connectivity index (χ0) is 15.4. The minimum atomic E-state index is -0.902. The number of nitrogens with one attached hydrogen (secondary N) is 1. The molecule has 5 nitrogen and oxygen atoms in total. The van der Waals surface area contributed by atoms with E-state index in [1.165, 1.54) is 0 Å². The van der Waals surface area contributed by atoms with Crippen molar-refractivity contribution in [2.75, 3.05) is 12.8 Å². The van der Waals surface area contributed by atoms with E-state index >= 15 is 0 Å². The van der Waals surface area contributed by atoms with E-state index in [-0.39, 0.29) is 17.1 Å². The van der Waals surface area contributed by atoms with Gasteiger partial charge in [-0.05, 0) is 25.7 Å². The Bertz CT molecular complexity index is 398. The Labute approximate surface area is 123 Å². The minimum Gasteiger partial charge on any atom is -0.343 e. The molecule has 116 valence electrons. The summed E-state index contributed by atoms with van der Waals surface area (Å²) in [6, 6.07) is -0.857. The van der Waals surface area contributed by atoms with Gasteiger partial charge < -0.3 is 10.2 Å². The van der Waals surface area contributed by atoms with Crippen molar-refractivity contribution in [1.29, 1.82) is 0 Å². The van der Waals surface area contributed by atoms with Gasteiger partial charge in [-0.3, -0.25) is 13.8 Å². The van der Waals surface area contributed by atoms with E-state index in [2.05, 4.69) is 5.32 Å². The number of rotatable bonds is 6. The monoisotopic (exact) mass is 302 g/mol. The summed E-state index contributed by atoms with van der Waals surface area (Å²) < 4.78 is 11.4. The van der Waals surface area contributed by atoms with Crippen LogP contribution >= 0.6 is 0 Å². The summed E-state index contributed by atoms with van der Waals surface area (Å²) in [5, 5.41) is 2.83. The third-order valence-corrected chi connectivity index (χ3v) is 5.16. The molecule has 0 saturated carbocycles. The van der Waals surface area contributed by atoms with Gasteiger partial charge in [-0.2, -0.15) is 0 Å². The summed E-state index contributed by atoms with van der Waals surface area (Å²) in [6.45, 7) is 8.20. The maximum Gasteiger partial charge on any atom is 0.245 e. The second-order valence-corrected chi connectivity index (χ2v) is 7.80. The van der Waals surface area contributed by atoms with Crippen LogP contribution in [0.15, 0.2) is 0 Å². The number of hydrogen-bond donors (Lipinski definition) is 1. The zero-order valence-corrected chi connectivity index (χ0v) is 13.8. The van der Waals surface area contributed by atoms with Crippen LogP contribution in [0, 0.1) is 5.92 Å². The smallest absolute Gasteiger partial charge is 0.245 e. The van der Waals surface area contributed by atoms with Crippen LogP contribution in [-0.4, -0.2) is 51.1 Å². The number of hydrogen-bond acceptors (Lipinski definition) is 3. The SMILES string of the molecule is CC(C)CC1NC(=O)C(C)N(CCC(C)S(C)=O)C1=O. The Morgan fingerprint density at radius 3 is 2.40 bits per heavy atom. The van der Waals surface area contributed by atoms with Gasteiger partial charge in [0.2, 0.25) is 11.8 Å². The van der Waals surface area contributed by atoms with Crippen LogP contribution in [0.3, 0.4) is 0 Å². The fourth-order valence-electron chi connectivity index (χ4n) is 2.31. The molecule has 2 amide bonds. The first kappa shape index (κ1) is 17.1. The molecule has 1 fully saturated rings. The molecule has 4 atom stereocenters. The standard InChI is InChI=1S/C14H26N2O3S/c1-9(2)8-12-14(18)16(11(4)13(17)15-12)7-6-10(3)20(5)19/h9-12H,6-8H2,1-5H3,(H,15,17). The number of piperazine rings is 1. The second-order valence-electron chi connectivity index (χ2n) is 6.00. The van der Waals surface area contributed by atoms with Crippen LogP contribution in [0.2, 0.25) is 0 Å². The fourth-order valence-corrected chi connectivity index (χ4v) is 2.75. The number of carbonyl (C=O) groups excluding carboxylic acids is 2. The van der Waals surface area contributed by atoms with Crippen molar-refractivity contribution in [3.05, 3.63) is 0 Å². The quantitative estimate of drug-likeness (QED) is 0.793. The van der Waals surface area contributed by atoms with Crippen molar-refractivity contribution in [3.63, 3.8) is 0 Å². The summed E-state index contributed by atoms with van der Waals surface area (Å²) >= 11 is 0. The Balaban J connectivity index is 2.72. The molecule has 1 rings (SSSR count). The van der Waals surface area contributed by atoms with Crippen molar-refractivity contribution < 1.29 is 13.8 Å². The molecule has 0 bridgehead atoms.